The molecule has 2 aliphatic heterocycles. The third-order valence-electron chi connectivity index (χ3n) is 5.90. The Balaban J connectivity index is 1.48. The second kappa shape index (κ2) is 8.46. The highest BCUT2D eigenvalue weighted by Crippen LogP contribution is 2.39. The Bertz CT molecular complexity index is 1320. The van der Waals surface area contributed by atoms with E-state index in [2.05, 4.69) is 45.1 Å². The Morgan fingerprint density at radius 3 is 2.70 bits per heavy atom. The topological polar surface area (TPSA) is 63.6 Å². The van der Waals surface area contributed by atoms with Gasteiger partial charge in [-0.15, -0.1) is 11.3 Å². The van der Waals surface area contributed by atoms with E-state index in [-0.39, 0.29) is 6.23 Å². The molecule has 1 saturated heterocycles. The van der Waals surface area contributed by atoms with E-state index >= 15 is 0 Å². The smallest absolute Gasteiger partial charge is 0.172 e. The van der Waals surface area contributed by atoms with E-state index in [1.54, 1.807) is 23.8 Å². The molecule has 1 unspecified atom stereocenters. The molecule has 3 aromatic heterocycles. The largest absolute Gasteiger partial charge is 0.477 e. The van der Waals surface area contributed by atoms with Crippen LogP contribution in [0.3, 0.4) is 0 Å². The van der Waals surface area contributed by atoms with Crippen LogP contribution in [0.5, 0.6) is 0 Å². The molecule has 0 bridgehead atoms. The van der Waals surface area contributed by atoms with Gasteiger partial charge in [0.15, 0.2) is 17.9 Å². The normalized spacial score (nSPS) is 18.2. The number of nitrogens with zero attached hydrogens (tertiary/aromatic N) is 5. The maximum atomic E-state index is 5.59. The van der Waals surface area contributed by atoms with Crippen molar-refractivity contribution in [2.45, 2.75) is 13.2 Å². The highest BCUT2D eigenvalue weighted by atomic mass is 32.1. The number of anilines is 2. The molecule has 1 fully saturated rings. The summed E-state index contributed by atoms with van der Waals surface area (Å²) >= 11 is 1.72. The first-order valence-electron chi connectivity index (χ1n) is 11.0. The molecular formula is C25H23N5O2S. The van der Waals surface area contributed by atoms with Gasteiger partial charge in [-0.05, 0) is 31.2 Å². The lowest BCUT2D eigenvalue weighted by atomic mass is 10.1. The minimum atomic E-state index is -0.0357. The van der Waals surface area contributed by atoms with Crippen LogP contribution in [0.4, 0.5) is 11.5 Å². The molecule has 33 heavy (non-hydrogen) atoms. The third kappa shape index (κ3) is 3.81. The summed E-state index contributed by atoms with van der Waals surface area (Å²) in [5, 5.41) is 0. The van der Waals surface area contributed by atoms with Gasteiger partial charge in [0.05, 0.1) is 23.4 Å². The van der Waals surface area contributed by atoms with Gasteiger partial charge in [-0.25, -0.2) is 9.97 Å². The molecule has 2 aliphatic rings. The molecule has 0 amide bonds. The molecule has 0 aliphatic carbocycles. The molecule has 166 valence electrons. The van der Waals surface area contributed by atoms with Gasteiger partial charge >= 0.3 is 0 Å². The van der Waals surface area contributed by atoms with Crippen molar-refractivity contribution < 1.29 is 9.47 Å². The number of pyridine rings is 1. The Labute approximate surface area is 195 Å². The molecule has 6 rings (SSSR count). The Kier molecular flexibility index (Phi) is 5.16. The number of ether oxygens (including phenoxy) is 2. The van der Waals surface area contributed by atoms with E-state index < -0.39 is 0 Å². The number of hydrogen-bond acceptors (Lipinski definition) is 8. The monoisotopic (exact) mass is 457 g/mol. The zero-order valence-corrected chi connectivity index (χ0v) is 19.0. The Morgan fingerprint density at radius 1 is 1.03 bits per heavy atom. The van der Waals surface area contributed by atoms with Crippen LogP contribution in [0.1, 0.15) is 6.92 Å². The molecule has 0 saturated carbocycles. The van der Waals surface area contributed by atoms with Crippen molar-refractivity contribution in [1.29, 1.82) is 0 Å². The SMILES string of the molecule is CC1OC=CN1c1cccc(-c2nc(N3CCOCC3)c3sc(-c4cccnc4)cc3n2)c1. The number of aromatic nitrogens is 3. The van der Waals surface area contributed by atoms with Crippen molar-refractivity contribution in [3.8, 4) is 21.8 Å². The zero-order chi connectivity index (χ0) is 22.2. The zero-order valence-electron chi connectivity index (χ0n) is 18.2. The predicted octanol–water partition coefficient (Wildman–Crippen LogP) is 4.91. The van der Waals surface area contributed by atoms with Crippen molar-refractivity contribution in [2.24, 2.45) is 0 Å². The van der Waals surface area contributed by atoms with Crippen LogP contribution in [-0.4, -0.2) is 47.5 Å². The summed E-state index contributed by atoms with van der Waals surface area (Å²) < 4.78 is 12.2. The maximum absolute atomic E-state index is 5.59. The van der Waals surface area contributed by atoms with E-state index in [0.29, 0.717) is 13.2 Å². The molecule has 1 aromatic carbocycles. The summed E-state index contributed by atoms with van der Waals surface area (Å²) in [5.41, 5.74) is 4.07. The second-order valence-corrected chi connectivity index (χ2v) is 9.07. The van der Waals surface area contributed by atoms with Gasteiger partial charge in [-0.3, -0.25) is 4.98 Å². The fraction of sp³-hybridized carbons (Fsp3) is 0.240. The van der Waals surface area contributed by atoms with Crippen LogP contribution < -0.4 is 9.80 Å². The van der Waals surface area contributed by atoms with Crippen LogP contribution in [0.2, 0.25) is 0 Å². The minimum Gasteiger partial charge on any atom is -0.477 e. The fourth-order valence-corrected chi connectivity index (χ4v) is 5.29. The van der Waals surface area contributed by atoms with Crippen LogP contribution in [0, 0.1) is 0 Å². The van der Waals surface area contributed by atoms with E-state index in [1.165, 1.54) is 0 Å². The summed E-state index contributed by atoms with van der Waals surface area (Å²) in [6.07, 6.45) is 7.33. The van der Waals surface area contributed by atoms with E-state index in [0.717, 1.165) is 56.6 Å². The van der Waals surface area contributed by atoms with Crippen molar-refractivity contribution in [2.75, 3.05) is 36.1 Å². The third-order valence-corrected chi connectivity index (χ3v) is 7.07. The van der Waals surface area contributed by atoms with Gasteiger partial charge in [0.2, 0.25) is 0 Å². The van der Waals surface area contributed by atoms with Crippen LogP contribution >= 0.6 is 11.3 Å². The summed E-state index contributed by atoms with van der Waals surface area (Å²) in [4.78, 5) is 19.9. The van der Waals surface area contributed by atoms with Gasteiger partial charge in [0.25, 0.3) is 0 Å². The number of thiophene rings is 1. The average Bonchev–Trinajstić information content (AvgIpc) is 3.51. The molecule has 0 radical (unpaired) electrons. The highest BCUT2D eigenvalue weighted by molar-refractivity contribution is 7.22. The van der Waals surface area contributed by atoms with Gasteiger partial charge in [-0.2, -0.15) is 0 Å². The molecular weight excluding hydrogens is 434 g/mol. The molecule has 7 nitrogen and oxygen atoms in total. The second-order valence-electron chi connectivity index (χ2n) is 8.02. The van der Waals surface area contributed by atoms with E-state index in [1.807, 2.05) is 31.5 Å². The van der Waals surface area contributed by atoms with Crippen molar-refractivity contribution in [3.05, 3.63) is 67.3 Å². The Hall–Kier alpha value is -3.49. The van der Waals surface area contributed by atoms with E-state index in [9.17, 15) is 0 Å². The lowest BCUT2D eigenvalue weighted by Crippen LogP contribution is -2.36. The molecule has 0 N–H and O–H groups in total. The number of rotatable bonds is 4. The summed E-state index contributed by atoms with van der Waals surface area (Å²) in [6.45, 7) is 5.07. The van der Waals surface area contributed by atoms with Gasteiger partial charge < -0.3 is 19.3 Å². The van der Waals surface area contributed by atoms with Crippen LogP contribution in [-0.2, 0) is 9.47 Å². The number of hydrogen-bond donors (Lipinski definition) is 0. The van der Waals surface area contributed by atoms with E-state index in [4.69, 9.17) is 19.4 Å². The average molecular weight is 458 g/mol. The lowest BCUT2D eigenvalue weighted by molar-refractivity contribution is 0.122. The summed E-state index contributed by atoms with van der Waals surface area (Å²) in [6, 6.07) is 14.5. The number of morpholine rings is 1. The quantitative estimate of drug-likeness (QED) is 0.431. The van der Waals surface area contributed by atoms with Gasteiger partial charge in [0, 0.05) is 53.4 Å². The lowest BCUT2D eigenvalue weighted by Gasteiger charge is -2.28. The highest BCUT2D eigenvalue weighted by Gasteiger charge is 2.22. The van der Waals surface area contributed by atoms with Gasteiger partial charge in [-0.1, -0.05) is 18.2 Å². The van der Waals surface area contributed by atoms with Gasteiger partial charge in [0.1, 0.15) is 6.26 Å². The van der Waals surface area contributed by atoms with Crippen molar-refractivity contribution in [3.63, 3.8) is 0 Å². The number of fused-ring (bicyclic) bond motifs is 1. The van der Waals surface area contributed by atoms with Crippen LogP contribution in [0.15, 0.2) is 67.3 Å². The van der Waals surface area contributed by atoms with Crippen molar-refractivity contribution in [1.82, 2.24) is 15.0 Å². The fourth-order valence-electron chi connectivity index (χ4n) is 4.19. The summed E-state index contributed by atoms with van der Waals surface area (Å²) in [5.74, 6) is 1.69. The van der Waals surface area contributed by atoms with Crippen LogP contribution in [0.25, 0.3) is 32.0 Å². The molecule has 5 heterocycles. The molecule has 4 aromatic rings. The molecule has 0 spiro atoms. The first kappa shape index (κ1) is 20.1. The number of benzene rings is 1. The summed E-state index contributed by atoms with van der Waals surface area (Å²) in [7, 11) is 0. The molecule has 1 atom stereocenters. The minimum absolute atomic E-state index is 0.0357. The van der Waals surface area contributed by atoms with Crippen molar-refractivity contribution >= 4 is 33.1 Å². The predicted molar refractivity (Wildman–Crippen MR) is 131 cm³/mol. The molecule has 8 heteroatoms. The Morgan fingerprint density at radius 2 is 1.91 bits per heavy atom. The standard InChI is InChI=1S/C25H23N5O2S/c1-17-30(10-13-32-17)20-6-2-4-18(14-20)24-27-21-15-22(19-5-3-7-26-16-19)33-23(21)25(28-24)29-8-11-31-12-9-29/h2-7,10,13-17H,8-9,11-12H2,1H3. The maximum Gasteiger partial charge on any atom is 0.172 e. The first-order chi connectivity index (χ1) is 16.3. The first-order valence-corrected chi connectivity index (χ1v) is 11.8.